The molecule has 7 atom stereocenters. The molecule has 3 fully saturated rings. The number of aliphatic hydroxyl groups is 1. The van der Waals surface area contributed by atoms with E-state index in [1.165, 1.54) is 57.8 Å². The molecule has 0 amide bonds. The number of hydrogen-bond donors (Lipinski definition) is 1. The Morgan fingerprint density at radius 3 is 2.82 bits per heavy atom. The van der Waals surface area contributed by atoms with Gasteiger partial charge in [-0.15, -0.1) is 6.58 Å². The van der Waals surface area contributed by atoms with Crippen molar-refractivity contribution in [2.24, 2.45) is 35.0 Å². The van der Waals surface area contributed by atoms with Crippen molar-refractivity contribution in [3.63, 3.8) is 0 Å². The normalized spacial score (nSPS) is 48.1. The zero-order chi connectivity index (χ0) is 15.2. The first-order valence-corrected chi connectivity index (χ1v) is 9.73. The molecule has 0 aromatic heterocycles. The fraction of sp³-hybridized carbons (Fsp3) is 0.810. The second-order valence-corrected chi connectivity index (χ2v) is 8.55. The summed E-state index contributed by atoms with van der Waals surface area (Å²) >= 11 is 0. The maximum atomic E-state index is 10.8. The summed E-state index contributed by atoms with van der Waals surface area (Å²) < 4.78 is 0. The molecule has 0 spiro atoms. The van der Waals surface area contributed by atoms with Crippen LogP contribution in [-0.2, 0) is 0 Å². The van der Waals surface area contributed by atoms with E-state index in [1.807, 2.05) is 6.08 Å². The van der Waals surface area contributed by atoms with Crippen molar-refractivity contribution in [3.8, 4) is 0 Å². The molecule has 0 aromatic carbocycles. The Labute approximate surface area is 135 Å². The van der Waals surface area contributed by atoms with E-state index in [2.05, 4.69) is 18.7 Å². The molecule has 0 aromatic rings. The minimum absolute atomic E-state index is 0.0802. The van der Waals surface area contributed by atoms with Crippen LogP contribution >= 0.6 is 0 Å². The van der Waals surface area contributed by atoms with E-state index in [9.17, 15) is 5.11 Å². The molecule has 0 aliphatic heterocycles. The van der Waals surface area contributed by atoms with Crippen molar-refractivity contribution in [3.05, 3.63) is 24.8 Å². The number of rotatable bonds is 3. The molecule has 3 saturated carbocycles. The summed E-state index contributed by atoms with van der Waals surface area (Å²) in [6.45, 7) is 3.86. The molecule has 22 heavy (non-hydrogen) atoms. The summed E-state index contributed by atoms with van der Waals surface area (Å²) in [6.07, 6.45) is 19.9. The predicted octanol–water partition coefficient (Wildman–Crippen LogP) is 5.11. The van der Waals surface area contributed by atoms with Crippen LogP contribution in [0.25, 0.3) is 0 Å². The van der Waals surface area contributed by atoms with Crippen LogP contribution in [0.4, 0.5) is 0 Å². The molecule has 4 aliphatic rings. The van der Waals surface area contributed by atoms with E-state index in [0.29, 0.717) is 5.92 Å². The third-order valence-electron chi connectivity index (χ3n) is 7.88. The molecule has 0 saturated heterocycles. The van der Waals surface area contributed by atoms with Crippen molar-refractivity contribution < 1.29 is 5.11 Å². The van der Waals surface area contributed by atoms with Gasteiger partial charge in [-0.2, -0.15) is 0 Å². The molecule has 4 rings (SSSR count). The summed E-state index contributed by atoms with van der Waals surface area (Å²) in [6, 6.07) is 0. The lowest BCUT2D eigenvalue weighted by Gasteiger charge is -2.56. The Bertz CT molecular complexity index is 453. The zero-order valence-corrected chi connectivity index (χ0v) is 13.9. The standard InChI is InChI=1S/C21H32O/c1-2-6-20(22)21-13-5-9-19(21)18-11-10-15-7-3-4-8-16(15)17(18)12-14-21/h2,5,13,15-20,22H,1,3-4,6-12,14H2. The summed E-state index contributed by atoms with van der Waals surface area (Å²) in [5.41, 5.74) is 0.0802. The molecule has 122 valence electrons. The van der Waals surface area contributed by atoms with Gasteiger partial charge in [0.25, 0.3) is 0 Å². The first-order chi connectivity index (χ1) is 10.8. The van der Waals surface area contributed by atoms with Crippen LogP contribution in [0.2, 0.25) is 0 Å². The highest BCUT2D eigenvalue weighted by Gasteiger charge is 2.55. The molecule has 1 nitrogen and oxygen atoms in total. The Hall–Kier alpha value is -0.560. The monoisotopic (exact) mass is 300 g/mol. The number of aliphatic hydroxyl groups excluding tert-OH is 1. The maximum absolute atomic E-state index is 10.8. The van der Waals surface area contributed by atoms with Crippen molar-refractivity contribution in [1.82, 2.24) is 0 Å². The van der Waals surface area contributed by atoms with Crippen LogP contribution in [-0.4, -0.2) is 11.2 Å². The Morgan fingerprint density at radius 2 is 1.95 bits per heavy atom. The largest absolute Gasteiger partial charge is 0.392 e. The summed E-state index contributed by atoms with van der Waals surface area (Å²) in [5.74, 6) is 4.61. The first kappa shape index (κ1) is 15.0. The summed E-state index contributed by atoms with van der Waals surface area (Å²) in [4.78, 5) is 0. The lowest BCUT2D eigenvalue weighted by molar-refractivity contribution is -0.0893. The minimum atomic E-state index is -0.209. The van der Waals surface area contributed by atoms with Gasteiger partial charge in [0, 0.05) is 5.41 Å². The number of fused-ring (bicyclic) bond motifs is 5. The molecular formula is C21H32O. The molecule has 0 bridgehead atoms. The number of allylic oxidation sites excluding steroid dienone is 1. The smallest absolute Gasteiger partial charge is 0.0667 e. The fourth-order valence-electron chi connectivity index (χ4n) is 6.96. The minimum Gasteiger partial charge on any atom is -0.392 e. The van der Waals surface area contributed by atoms with E-state index < -0.39 is 0 Å². The second kappa shape index (κ2) is 5.82. The van der Waals surface area contributed by atoms with Crippen molar-refractivity contribution in [1.29, 1.82) is 0 Å². The number of hydrogen-bond acceptors (Lipinski definition) is 1. The van der Waals surface area contributed by atoms with Gasteiger partial charge in [-0.3, -0.25) is 0 Å². The van der Waals surface area contributed by atoms with Gasteiger partial charge < -0.3 is 5.11 Å². The molecule has 1 N–H and O–H groups in total. The van der Waals surface area contributed by atoms with Gasteiger partial charge in [0.15, 0.2) is 0 Å². The molecule has 7 unspecified atom stereocenters. The van der Waals surface area contributed by atoms with Gasteiger partial charge in [0.1, 0.15) is 0 Å². The van der Waals surface area contributed by atoms with Gasteiger partial charge in [0.2, 0.25) is 0 Å². The third kappa shape index (κ3) is 2.15. The lowest BCUT2D eigenvalue weighted by atomic mass is 9.49. The van der Waals surface area contributed by atoms with Gasteiger partial charge >= 0.3 is 0 Å². The van der Waals surface area contributed by atoms with Gasteiger partial charge in [-0.05, 0) is 74.5 Å². The van der Waals surface area contributed by atoms with E-state index in [0.717, 1.165) is 30.1 Å². The Morgan fingerprint density at radius 1 is 1.09 bits per heavy atom. The van der Waals surface area contributed by atoms with Crippen molar-refractivity contribution >= 4 is 0 Å². The zero-order valence-electron chi connectivity index (χ0n) is 13.9. The van der Waals surface area contributed by atoms with E-state index in [-0.39, 0.29) is 11.5 Å². The van der Waals surface area contributed by atoms with E-state index in [4.69, 9.17) is 0 Å². The van der Waals surface area contributed by atoms with Crippen LogP contribution in [0.3, 0.4) is 0 Å². The Balaban J connectivity index is 1.58. The van der Waals surface area contributed by atoms with Gasteiger partial charge in [-0.25, -0.2) is 0 Å². The first-order valence-electron chi connectivity index (χ1n) is 9.73. The highest BCUT2D eigenvalue weighted by atomic mass is 16.3. The molecular weight excluding hydrogens is 268 g/mol. The van der Waals surface area contributed by atoms with E-state index >= 15 is 0 Å². The average Bonchev–Trinajstić information content (AvgIpc) is 3.00. The van der Waals surface area contributed by atoms with Gasteiger partial charge in [-0.1, -0.05) is 37.5 Å². The van der Waals surface area contributed by atoms with Crippen LogP contribution in [0.5, 0.6) is 0 Å². The predicted molar refractivity (Wildman–Crippen MR) is 91.4 cm³/mol. The van der Waals surface area contributed by atoms with Crippen LogP contribution < -0.4 is 0 Å². The molecule has 4 aliphatic carbocycles. The molecule has 0 heterocycles. The van der Waals surface area contributed by atoms with Crippen LogP contribution in [0.1, 0.15) is 64.2 Å². The summed E-state index contributed by atoms with van der Waals surface area (Å²) in [5, 5.41) is 10.8. The fourth-order valence-corrected chi connectivity index (χ4v) is 6.96. The Kier molecular flexibility index (Phi) is 3.97. The third-order valence-corrected chi connectivity index (χ3v) is 7.88. The average molecular weight is 300 g/mol. The summed E-state index contributed by atoms with van der Waals surface area (Å²) in [7, 11) is 0. The van der Waals surface area contributed by atoms with Crippen LogP contribution in [0.15, 0.2) is 24.8 Å². The van der Waals surface area contributed by atoms with E-state index in [1.54, 1.807) is 0 Å². The maximum Gasteiger partial charge on any atom is 0.0667 e. The topological polar surface area (TPSA) is 20.2 Å². The second-order valence-electron chi connectivity index (χ2n) is 8.55. The molecule has 0 radical (unpaired) electrons. The molecule has 1 heteroatoms. The lowest BCUT2D eigenvalue weighted by Crippen LogP contribution is -2.51. The van der Waals surface area contributed by atoms with Crippen LogP contribution in [0, 0.1) is 35.0 Å². The SMILES string of the molecule is C=CCC(O)C12C=CCC1C1CCC3CCCCC3C1CC2. The quantitative estimate of drug-likeness (QED) is 0.718. The highest BCUT2D eigenvalue weighted by molar-refractivity contribution is 5.19. The van der Waals surface area contributed by atoms with Gasteiger partial charge in [0.05, 0.1) is 6.10 Å². The van der Waals surface area contributed by atoms with Crippen molar-refractivity contribution in [2.45, 2.75) is 70.3 Å². The highest BCUT2D eigenvalue weighted by Crippen LogP contribution is 2.62. The van der Waals surface area contributed by atoms with Crippen molar-refractivity contribution in [2.75, 3.05) is 0 Å².